The van der Waals surface area contributed by atoms with E-state index in [1.54, 1.807) is 0 Å². The van der Waals surface area contributed by atoms with Crippen LogP contribution in [0.15, 0.2) is 140 Å². The van der Waals surface area contributed by atoms with E-state index in [9.17, 15) is 0 Å². The quantitative estimate of drug-likeness (QED) is 0.0840. The molecule has 0 atom stereocenters. The Labute approximate surface area is 406 Å². The minimum absolute atomic E-state index is 0.720. The fourth-order valence-corrected chi connectivity index (χ4v) is 9.72. The zero-order valence-electron chi connectivity index (χ0n) is 40.3. The molecule has 0 aliphatic carbocycles. The second-order valence-corrected chi connectivity index (χ2v) is 18.8. The molecule has 4 aromatic carbocycles. The lowest BCUT2D eigenvalue weighted by molar-refractivity contribution is 0.304. The molecule has 10 rings (SSSR count). The molecule has 2 aliphatic heterocycles. The van der Waals surface area contributed by atoms with Gasteiger partial charge in [-0.3, -0.25) is 0 Å². The maximum atomic E-state index is 6.33. The second kappa shape index (κ2) is 21.2. The Morgan fingerprint density at radius 1 is 0.406 bits per heavy atom. The van der Waals surface area contributed by atoms with Gasteiger partial charge in [-0.05, 0) is 117 Å². The first-order valence-electron chi connectivity index (χ1n) is 25.0. The van der Waals surface area contributed by atoms with Crippen molar-refractivity contribution in [2.24, 2.45) is 0 Å². The lowest BCUT2D eigenvalue weighted by atomic mass is 10.0. The van der Waals surface area contributed by atoms with E-state index in [4.69, 9.17) is 14.7 Å². The van der Waals surface area contributed by atoms with Gasteiger partial charge in [0.25, 0.3) is 0 Å². The van der Waals surface area contributed by atoms with Crippen LogP contribution in [0.2, 0.25) is 0 Å². The molecule has 4 aromatic heterocycles. The molecular formula is C62H62N6O. The molecule has 6 heterocycles. The van der Waals surface area contributed by atoms with E-state index in [0.717, 1.165) is 115 Å². The van der Waals surface area contributed by atoms with Crippen LogP contribution in [0.5, 0.6) is 5.75 Å². The first-order chi connectivity index (χ1) is 33.9. The molecule has 346 valence electrons. The molecule has 2 N–H and O–H groups in total. The van der Waals surface area contributed by atoms with Crippen LogP contribution in [-0.4, -0.2) is 36.1 Å². The van der Waals surface area contributed by atoms with Gasteiger partial charge in [-0.2, -0.15) is 0 Å². The number of unbranched alkanes of at least 4 members (excludes halogenated alkanes) is 9. The van der Waals surface area contributed by atoms with Crippen molar-refractivity contribution in [1.29, 1.82) is 0 Å². The van der Waals surface area contributed by atoms with Crippen molar-refractivity contribution in [3.05, 3.63) is 180 Å². The van der Waals surface area contributed by atoms with E-state index in [1.165, 1.54) is 74.5 Å². The van der Waals surface area contributed by atoms with Crippen molar-refractivity contribution < 1.29 is 4.74 Å². The topological polar surface area (TPSA) is 84.4 Å². The molecule has 0 unspecified atom stereocenters. The number of aromatic nitrogens is 6. The molecular weight excluding hydrogens is 845 g/mol. The summed E-state index contributed by atoms with van der Waals surface area (Å²) in [6, 6.07) is 43.6. The highest BCUT2D eigenvalue weighted by molar-refractivity contribution is 5.99. The van der Waals surface area contributed by atoms with E-state index in [0.29, 0.717) is 0 Å². The molecule has 0 amide bonds. The third-order valence-electron chi connectivity index (χ3n) is 13.6. The maximum absolute atomic E-state index is 6.33. The number of ether oxygens (including phenoxy) is 1. The largest absolute Gasteiger partial charge is 0.494 e. The number of nitrogens with one attached hydrogen (secondary N) is 2. The van der Waals surface area contributed by atoms with E-state index < -0.39 is 0 Å². The van der Waals surface area contributed by atoms with Crippen LogP contribution in [0.4, 0.5) is 0 Å². The van der Waals surface area contributed by atoms with Crippen LogP contribution < -0.4 is 4.74 Å². The molecule has 0 radical (unpaired) electrons. The highest BCUT2D eigenvalue weighted by Gasteiger charge is 2.19. The van der Waals surface area contributed by atoms with Gasteiger partial charge in [0.05, 0.1) is 35.7 Å². The number of benzene rings is 4. The average Bonchev–Trinajstić information content (AvgIpc) is 4.24. The lowest BCUT2D eigenvalue weighted by Crippen LogP contribution is -1.97. The number of aromatic amines is 2. The van der Waals surface area contributed by atoms with Crippen LogP contribution >= 0.6 is 0 Å². The molecule has 8 bridgehead atoms. The monoisotopic (exact) mass is 906 g/mol. The Bertz CT molecular complexity index is 3200. The van der Waals surface area contributed by atoms with Gasteiger partial charge >= 0.3 is 0 Å². The third-order valence-corrected chi connectivity index (χ3v) is 13.6. The Morgan fingerprint density at radius 2 is 0.754 bits per heavy atom. The number of imidazole rings is 1. The van der Waals surface area contributed by atoms with E-state index in [1.807, 2.05) is 12.5 Å². The summed E-state index contributed by atoms with van der Waals surface area (Å²) in [5.74, 6) is 0.886. The Kier molecular flexibility index (Phi) is 13.9. The van der Waals surface area contributed by atoms with Crippen molar-refractivity contribution in [2.45, 2.75) is 91.5 Å². The summed E-state index contributed by atoms with van der Waals surface area (Å²) in [5, 5.41) is 0. The van der Waals surface area contributed by atoms with Crippen LogP contribution in [-0.2, 0) is 6.54 Å². The fourth-order valence-electron chi connectivity index (χ4n) is 9.72. The second-order valence-electron chi connectivity index (χ2n) is 18.8. The predicted molar refractivity (Wildman–Crippen MR) is 289 cm³/mol. The summed E-state index contributed by atoms with van der Waals surface area (Å²) in [5.41, 5.74) is 19.6. The molecule has 7 heteroatoms. The minimum Gasteiger partial charge on any atom is -0.494 e. The Morgan fingerprint density at radius 3 is 1.12 bits per heavy atom. The number of aryl methyl sites for hydroxylation is 4. The van der Waals surface area contributed by atoms with Gasteiger partial charge < -0.3 is 19.3 Å². The summed E-state index contributed by atoms with van der Waals surface area (Å²) in [7, 11) is 0. The molecule has 0 fully saturated rings. The first kappa shape index (κ1) is 45.3. The van der Waals surface area contributed by atoms with Gasteiger partial charge in [0, 0.05) is 63.3 Å². The predicted octanol–water partition coefficient (Wildman–Crippen LogP) is 16.4. The highest BCUT2D eigenvalue weighted by Crippen LogP contribution is 2.39. The number of hydrogen-bond donors (Lipinski definition) is 2. The van der Waals surface area contributed by atoms with Gasteiger partial charge in [0.2, 0.25) is 0 Å². The number of hydrogen-bond acceptors (Lipinski definition) is 4. The Hall–Kier alpha value is -7.51. The van der Waals surface area contributed by atoms with Crippen LogP contribution in [0.1, 0.15) is 104 Å². The fraction of sp³-hybridized carbons (Fsp3) is 0.242. The van der Waals surface area contributed by atoms with Gasteiger partial charge in [-0.25, -0.2) is 15.0 Å². The number of nitrogens with zero attached hydrogens (tertiary/aromatic N) is 4. The van der Waals surface area contributed by atoms with E-state index >= 15 is 0 Å². The molecule has 0 spiro atoms. The molecule has 0 saturated heterocycles. The summed E-state index contributed by atoms with van der Waals surface area (Å²) in [6.45, 7) is 8.19. The first-order valence-corrected chi connectivity index (χ1v) is 25.0. The van der Waals surface area contributed by atoms with Crippen LogP contribution in [0.3, 0.4) is 0 Å². The van der Waals surface area contributed by atoms with Crippen LogP contribution in [0, 0.1) is 20.8 Å². The minimum atomic E-state index is 0.720. The van der Waals surface area contributed by atoms with Crippen molar-refractivity contribution in [3.8, 4) is 50.3 Å². The SMILES string of the molecule is Cc1ccc(-c2c3nc(c(-c4ccc(C)cc4)c4ccc([nH]4)c(-c4ccc(OCCCCCCCCCCCCn5ccnc5)cc4)c4nc(c(-c5ccc(C)cc5)c5ccc2[nH]5)C=C4)C=C3)cc1. The average molecular weight is 907 g/mol. The normalized spacial score (nSPS) is 12.0. The maximum Gasteiger partial charge on any atom is 0.119 e. The van der Waals surface area contributed by atoms with Crippen LogP contribution in [0.25, 0.3) is 90.9 Å². The summed E-state index contributed by atoms with van der Waals surface area (Å²) >= 11 is 0. The Balaban J connectivity index is 0.977. The zero-order valence-corrected chi connectivity index (χ0v) is 40.3. The van der Waals surface area contributed by atoms with Crippen molar-refractivity contribution in [1.82, 2.24) is 29.5 Å². The number of fused-ring (bicyclic) bond motifs is 8. The van der Waals surface area contributed by atoms with Crippen molar-refractivity contribution in [2.75, 3.05) is 6.61 Å². The third kappa shape index (κ3) is 10.6. The lowest BCUT2D eigenvalue weighted by Gasteiger charge is -2.09. The highest BCUT2D eigenvalue weighted by atomic mass is 16.5. The van der Waals surface area contributed by atoms with E-state index in [2.05, 4.69) is 192 Å². The smallest absolute Gasteiger partial charge is 0.119 e. The molecule has 7 nitrogen and oxygen atoms in total. The molecule has 8 aromatic rings. The molecule has 2 aliphatic rings. The summed E-state index contributed by atoms with van der Waals surface area (Å²) in [6.07, 6.45) is 27.2. The number of H-pyrrole nitrogens is 2. The van der Waals surface area contributed by atoms with Gasteiger partial charge in [0.1, 0.15) is 5.75 Å². The number of rotatable bonds is 18. The van der Waals surface area contributed by atoms with Gasteiger partial charge in [-0.15, -0.1) is 0 Å². The standard InChI is InChI=1S/C62H62N6O/c1-43-14-20-46(21-15-43)59-51-30-32-53(64-51)60(47-22-16-44(2)17-23-47)55-34-36-57(66-55)62(58-37-35-56(67-58)61(54-33-31-52(59)65-54)48-24-18-45(3)19-25-48)49-26-28-50(29-27-49)69-41-13-11-9-7-5-4-6-8-10-12-39-68-40-38-63-42-68/h14-38,40,42,64,67H,4-13,39,41H2,1-3H3. The van der Waals surface area contributed by atoms with Gasteiger partial charge in [0.15, 0.2) is 0 Å². The van der Waals surface area contributed by atoms with Gasteiger partial charge in [-0.1, -0.05) is 153 Å². The van der Waals surface area contributed by atoms with Crippen molar-refractivity contribution in [3.63, 3.8) is 0 Å². The molecule has 69 heavy (non-hydrogen) atoms. The van der Waals surface area contributed by atoms with Crippen molar-refractivity contribution >= 4 is 46.4 Å². The summed E-state index contributed by atoms with van der Waals surface area (Å²) < 4.78 is 8.50. The van der Waals surface area contributed by atoms with E-state index in [-0.39, 0.29) is 0 Å². The molecule has 0 saturated carbocycles. The summed E-state index contributed by atoms with van der Waals surface area (Å²) in [4.78, 5) is 22.9. The zero-order chi connectivity index (χ0) is 46.9.